The van der Waals surface area contributed by atoms with Gasteiger partial charge in [-0.1, -0.05) is 37.6 Å². The summed E-state index contributed by atoms with van der Waals surface area (Å²) in [6.07, 6.45) is 3.81. The molecule has 0 aliphatic heterocycles. The summed E-state index contributed by atoms with van der Waals surface area (Å²) in [6.45, 7) is 6.45. The van der Waals surface area contributed by atoms with Crippen molar-refractivity contribution in [1.29, 1.82) is 0 Å². The number of fused-ring (bicyclic) bond motifs is 1. The van der Waals surface area contributed by atoms with Gasteiger partial charge in [-0.15, -0.1) is 0 Å². The summed E-state index contributed by atoms with van der Waals surface area (Å²) in [4.78, 5) is 2.53. The minimum Gasteiger partial charge on any atom is -0.329 e. The molecule has 2 N–H and O–H groups in total. The van der Waals surface area contributed by atoms with Crippen molar-refractivity contribution in [3.8, 4) is 0 Å². The van der Waals surface area contributed by atoms with E-state index in [1.165, 1.54) is 32.4 Å². The van der Waals surface area contributed by atoms with Crippen LogP contribution in [-0.4, -0.2) is 31.1 Å². The Labute approximate surface area is 105 Å². The average Bonchev–Trinajstić information content (AvgIpc) is 2.33. The molecular formula is C15H24N2. The van der Waals surface area contributed by atoms with Gasteiger partial charge in [0.15, 0.2) is 0 Å². The highest BCUT2D eigenvalue weighted by Gasteiger charge is 2.26. The molecule has 2 nitrogen and oxygen atoms in total. The molecule has 0 amide bonds. The number of unbranched alkanes of at least 4 members (excludes halogenated alkanes) is 1. The summed E-state index contributed by atoms with van der Waals surface area (Å²) < 4.78 is 0. The lowest BCUT2D eigenvalue weighted by Gasteiger charge is -2.34. The van der Waals surface area contributed by atoms with Crippen molar-refractivity contribution in [2.24, 2.45) is 5.73 Å². The van der Waals surface area contributed by atoms with Crippen LogP contribution in [0, 0.1) is 0 Å². The summed E-state index contributed by atoms with van der Waals surface area (Å²) in [5, 5.41) is 0. The minimum absolute atomic E-state index is 0.745. The molecule has 1 aromatic carbocycles. The van der Waals surface area contributed by atoms with Crippen molar-refractivity contribution < 1.29 is 0 Å². The molecule has 0 saturated heterocycles. The smallest absolute Gasteiger partial charge is 0.0105 e. The van der Waals surface area contributed by atoms with Gasteiger partial charge in [0.25, 0.3) is 0 Å². The van der Waals surface area contributed by atoms with Crippen molar-refractivity contribution >= 4 is 0 Å². The number of nitrogens with zero attached hydrogens (tertiary/aromatic N) is 1. The zero-order valence-electron chi connectivity index (χ0n) is 10.9. The molecule has 0 fully saturated rings. The molecule has 1 unspecified atom stereocenters. The lowest BCUT2D eigenvalue weighted by Crippen LogP contribution is -2.37. The number of hydrogen-bond donors (Lipinski definition) is 1. The Kier molecular flexibility index (Phi) is 4.57. The number of hydrogen-bond acceptors (Lipinski definition) is 2. The quantitative estimate of drug-likeness (QED) is 0.782. The second-order valence-corrected chi connectivity index (χ2v) is 5.04. The van der Waals surface area contributed by atoms with Crippen LogP contribution in [0.4, 0.5) is 0 Å². The van der Waals surface area contributed by atoms with Gasteiger partial charge in [0.1, 0.15) is 0 Å². The van der Waals surface area contributed by atoms with Crippen molar-refractivity contribution in [2.75, 3.05) is 26.2 Å². The summed E-state index contributed by atoms with van der Waals surface area (Å²) in [5.41, 5.74) is 8.79. The van der Waals surface area contributed by atoms with Crippen LogP contribution in [0.2, 0.25) is 0 Å². The van der Waals surface area contributed by atoms with Crippen LogP contribution in [0.5, 0.6) is 0 Å². The van der Waals surface area contributed by atoms with Crippen LogP contribution in [0.1, 0.15) is 36.8 Å². The molecule has 0 bridgehead atoms. The molecule has 2 rings (SSSR count). The normalized spacial score (nSPS) is 17.9. The number of rotatable bonds is 7. The van der Waals surface area contributed by atoms with E-state index < -0.39 is 0 Å². The second kappa shape index (κ2) is 6.18. The Hall–Kier alpha value is -0.860. The van der Waals surface area contributed by atoms with E-state index in [1.807, 2.05) is 0 Å². The summed E-state index contributed by atoms with van der Waals surface area (Å²) in [7, 11) is 0. The van der Waals surface area contributed by atoms with Crippen molar-refractivity contribution in [3.63, 3.8) is 0 Å². The average molecular weight is 232 g/mol. The van der Waals surface area contributed by atoms with E-state index in [2.05, 4.69) is 36.1 Å². The van der Waals surface area contributed by atoms with Crippen LogP contribution in [0.25, 0.3) is 0 Å². The van der Waals surface area contributed by atoms with E-state index in [1.54, 1.807) is 11.1 Å². The fraction of sp³-hybridized carbons (Fsp3) is 0.600. The summed E-state index contributed by atoms with van der Waals surface area (Å²) >= 11 is 0. The molecule has 1 aromatic rings. The maximum atomic E-state index is 5.69. The first-order chi connectivity index (χ1) is 8.35. The Morgan fingerprint density at radius 3 is 2.82 bits per heavy atom. The summed E-state index contributed by atoms with van der Waals surface area (Å²) in [6, 6.07) is 8.84. The predicted molar refractivity (Wildman–Crippen MR) is 73.3 cm³/mol. The lowest BCUT2D eigenvalue weighted by atomic mass is 9.77. The molecule has 0 aromatic heterocycles. The van der Waals surface area contributed by atoms with E-state index in [0.717, 1.165) is 19.0 Å². The Balaban J connectivity index is 1.87. The third kappa shape index (κ3) is 3.08. The minimum atomic E-state index is 0.745. The maximum Gasteiger partial charge on any atom is 0.0105 e. The van der Waals surface area contributed by atoms with Gasteiger partial charge >= 0.3 is 0 Å². The molecule has 1 aliphatic rings. The Bertz CT molecular complexity index is 349. The molecule has 2 heteroatoms. The van der Waals surface area contributed by atoms with Crippen molar-refractivity contribution in [3.05, 3.63) is 35.4 Å². The first-order valence-electron chi connectivity index (χ1n) is 6.85. The first kappa shape index (κ1) is 12.6. The van der Waals surface area contributed by atoms with E-state index in [-0.39, 0.29) is 0 Å². The van der Waals surface area contributed by atoms with E-state index in [9.17, 15) is 0 Å². The van der Waals surface area contributed by atoms with E-state index >= 15 is 0 Å². The van der Waals surface area contributed by atoms with Gasteiger partial charge in [0, 0.05) is 25.6 Å². The van der Waals surface area contributed by atoms with Gasteiger partial charge in [0.2, 0.25) is 0 Å². The zero-order chi connectivity index (χ0) is 12.1. The van der Waals surface area contributed by atoms with Gasteiger partial charge in [-0.05, 0) is 30.5 Å². The fourth-order valence-electron chi connectivity index (χ4n) is 2.70. The van der Waals surface area contributed by atoms with Crippen molar-refractivity contribution in [1.82, 2.24) is 4.90 Å². The molecule has 17 heavy (non-hydrogen) atoms. The maximum absolute atomic E-state index is 5.69. The molecular weight excluding hydrogens is 208 g/mol. The molecule has 0 saturated carbocycles. The van der Waals surface area contributed by atoms with Crippen LogP contribution >= 0.6 is 0 Å². The zero-order valence-corrected chi connectivity index (χ0v) is 10.9. The number of benzene rings is 1. The standard InChI is InChI=1S/C15H24N2/c1-2-3-9-17(10-8-16)12-14-11-13-6-4-5-7-15(13)14/h4-7,14H,2-3,8-12,16H2,1H3. The third-order valence-electron chi connectivity index (χ3n) is 3.71. The van der Waals surface area contributed by atoms with Crippen molar-refractivity contribution in [2.45, 2.75) is 32.1 Å². The summed E-state index contributed by atoms with van der Waals surface area (Å²) in [5.74, 6) is 0.745. The molecule has 94 valence electrons. The SMILES string of the molecule is CCCCN(CCN)CC1Cc2ccccc21. The van der Waals surface area contributed by atoms with Crippen LogP contribution in [0.3, 0.4) is 0 Å². The molecule has 1 aliphatic carbocycles. The van der Waals surface area contributed by atoms with Gasteiger partial charge in [-0.25, -0.2) is 0 Å². The van der Waals surface area contributed by atoms with Gasteiger partial charge < -0.3 is 10.6 Å². The molecule has 0 radical (unpaired) electrons. The Morgan fingerprint density at radius 1 is 1.29 bits per heavy atom. The van der Waals surface area contributed by atoms with Gasteiger partial charge in [0.05, 0.1) is 0 Å². The fourth-order valence-corrected chi connectivity index (χ4v) is 2.70. The monoisotopic (exact) mass is 232 g/mol. The molecule has 0 spiro atoms. The van der Waals surface area contributed by atoms with E-state index in [0.29, 0.717) is 0 Å². The van der Waals surface area contributed by atoms with Gasteiger partial charge in [-0.2, -0.15) is 0 Å². The highest BCUT2D eigenvalue weighted by Crippen LogP contribution is 2.35. The van der Waals surface area contributed by atoms with Crippen LogP contribution < -0.4 is 5.73 Å². The van der Waals surface area contributed by atoms with E-state index in [4.69, 9.17) is 5.73 Å². The Morgan fingerprint density at radius 2 is 2.12 bits per heavy atom. The predicted octanol–water partition coefficient (Wildman–Crippen LogP) is 2.39. The van der Waals surface area contributed by atoms with Crippen LogP contribution in [-0.2, 0) is 6.42 Å². The second-order valence-electron chi connectivity index (χ2n) is 5.04. The lowest BCUT2D eigenvalue weighted by molar-refractivity contribution is 0.250. The first-order valence-corrected chi connectivity index (χ1v) is 6.85. The largest absolute Gasteiger partial charge is 0.329 e. The highest BCUT2D eigenvalue weighted by molar-refractivity contribution is 5.40. The molecule has 0 heterocycles. The third-order valence-corrected chi connectivity index (χ3v) is 3.71. The topological polar surface area (TPSA) is 29.3 Å². The molecule has 1 atom stereocenters. The number of nitrogens with two attached hydrogens (primary N) is 1. The highest BCUT2D eigenvalue weighted by atomic mass is 15.1. The van der Waals surface area contributed by atoms with Gasteiger partial charge in [-0.3, -0.25) is 0 Å². The van der Waals surface area contributed by atoms with Crippen LogP contribution in [0.15, 0.2) is 24.3 Å².